The zero-order valence-electron chi connectivity index (χ0n) is 20.6. The second-order valence-electron chi connectivity index (χ2n) is 10.6. The number of rotatable bonds is 4. The largest absolute Gasteiger partial charge is 0.493 e. The Morgan fingerprint density at radius 2 is 1.82 bits per heavy atom. The fourth-order valence-electron chi connectivity index (χ4n) is 5.51. The topological polar surface area (TPSA) is 80.3 Å². The van der Waals surface area contributed by atoms with E-state index in [9.17, 15) is 9.59 Å². The van der Waals surface area contributed by atoms with E-state index < -0.39 is 11.7 Å². The van der Waals surface area contributed by atoms with Crippen molar-refractivity contribution in [1.29, 1.82) is 0 Å². The molecule has 0 aliphatic carbocycles. The van der Waals surface area contributed by atoms with E-state index in [1.54, 1.807) is 14.2 Å². The Kier molecular flexibility index (Phi) is 6.49. The third-order valence-electron chi connectivity index (χ3n) is 6.93. The van der Waals surface area contributed by atoms with Gasteiger partial charge in [0.2, 0.25) is 5.91 Å². The minimum atomic E-state index is -0.584. The molecule has 2 fully saturated rings. The SMILES string of the molecule is COc1cc2c(cc1OC)C1CC(NC(=O)OC(C)(C)C)C(N3CC(C)CC3=O)CN1CC2. The van der Waals surface area contributed by atoms with Crippen molar-refractivity contribution in [1.82, 2.24) is 15.1 Å². The summed E-state index contributed by atoms with van der Waals surface area (Å²) in [5.41, 5.74) is 1.86. The molecule has 1 aromatic carbocycles. The van der Waals surface area contributed by atoms with E-state index in [4.69, 9.17) is 14.2 Å². The number of methoxy groups -OCH3 is 2. The molecule has 4 unspecified atom stereocenters. The lowest BCUT2D eigenvalue weighted by atomic mass is 9.82. The Hall–Kier alpha value is -2.48. The van der Waals surface area contributed by atoms with Crippen LogP contribution in [0.5, 0.6) is 11.5 Å². The molecule has 0 saturated carbocycles. The number of carbonyl (C=O) groups excluding carboxylic acids is 2. The normalized spacial score (nSPS) is 27.6. The highest BCUT2D eigenvalue weighted by molar-refractivity contribution is 5.79. The number of piperidine rings is 1. The second kappa shape index (κ2) is 9.05. The summed E-state index contributed by atoms with van der Waals surface area (Å²) in [4.78, 5) is 30.0. The maximum absolute atomic E-state index is 12.8. The average Bonchev–Trinajstić information content (AvgIpc) is 3.08. The van der Waals surface area contributed by atoms with E-state index >= 15 is 0 Å². The molecule has 3 aliphatic rings. The van der Waals surface area contributed by atoms with E-state index in [2.05, 4.69) is 29.3 Å². The standard InChI is InChI=1S/C25H37N3O5/c1-15-9-23(29)28(13-15)20-14-27-8-7-16-10-21(31-5)22(32-6)11-17(16)19(27)12-18(20)26-24(30)33-25(2,3)4/h10-11,15,18-20H,7-9,12-14H2,1-6H3,(H,26,30). The number of nitrogens with one attached hydrogen (secondary N) is 1. The number of hydrogen-bond acceptors (Lipinski definition) is 6. The molecule has 8 nitrogen and oxygen atoms in total. The van der Waals surface area contributed by atoms with Crippen LogP contribution in [0.4, 0.5) is 4.79 Å². The van der Waals surface area contributed by atoms with Crippen molar-refractivity contribution in [2.45, 2.75) is 70.7 Å². The van der Waals surface area contributed by atoms with Crippen molar-refractivity contribution in [3.05, 3.63) is 23.3 Å². The van der Waals surface area contributed by atoms with Crippen molar-refractivity contribution < 1.29 is 23.8 Å². The molecule has 0 spiro atoms. The number of benzene rings is 1. The molecule has 3 heterocycles. The molecular formula is C25H37N3O5. The lowest BCUT2D eigenvalue weighted by Crippen LogP contribution is -2.62. The van der Waals surface area contributed by atoms with Gasteiger partial charge in [0.1, 0.15) is 5.60 Å². The smallest absolute Gasteiger partial charge is 0.407 e. The zero-order valence-corrected chi connectivity index (χ0v) is 20.6. The van der Waals surface area contributed by atoms with Gasteiger partial charge in [-0.25, -0.2) is 4.79 Å². The van der Waals surface area contributed by atoms with Crippen LogP contribution in [0.25, 0.3) is 0 Å². The molecule has 0 aromatic heterocycles. The first-order valence-electron chi connectivity index (χ1n) is 11.9. The molecule has 1 aromatic rings. The summed E-state index contributed by atoms with van der Waals surface area (Å²) < 4.78 is 16.6. The van der Waals surface area contributed by atoms with Crippen LogP contribution in [0.2, 0.25) is 0 Å². The predicted octanol–water partition coefficient (Wildman–Crippen LogP) is 3.14. The van der Waals surface area contributed by atoms with Crippen LogP contribution in [-0.2, 0) is 16.0 Å². The second-order valence-corrected chi connectivity index (χ2v) is 10.6. The molecule has 3 aliphatic heterocycles. The van der Waals surface area contributed by atoms with Crippen molar-refractivity contribution in [2.24, 2.45) is 5.92 Å². The Morgan fingerprint density at radius 3 is 2.42 bits per heavy atom. The molecule has 2 saturated heterocycles. The molecule has 0 bridgehead atoms. The average molecular weight is 460 g/mol. The minimum Gasteiger partial charge on any atom is -0.493 e. The van der Waals surface area contributed by atoms with Crippen LogP contribution < -0.4 is 14.8 Å². The first-order chi connectivity index (χ1) is 15.6. The van der Waals surface area contributed by atoms with E-state index in [-0.39, 0.29) is 24.0 Å². The van der Waals surface area contributed by atoms with Crippen molar-refractivity contribution in [3.63, 3.8) is 0 Å². The molecule has 0 radical (unpaired) electrons. The lowest BCUT2D eigenvalue weighted by molar-refractivity contribution is -0.132. The van der Waals surface area contributed by atoms with Gasteiger partial charge in [-0.1, -0.05) is 6.92 Å². The molecule has 4 rings (SSSR count). The van der Waals surface area contributed by atoms with Gasteiger partial charge in [-0.15, -0.1) is 0 Å². The van der Waals surface area contributed by atoms with E-state index in [0.717, 1.165) is 31.8 Å². The summed E-state index contributed by atoms with van der Waals surface area (Å²) in [5.74, 6) is 1.95. The highest BCUT2D eigenvalue weighted by atomic mass is 16.6. The highest BCUT2D eigenvalue weighted by Gasteiger charge is 2.45. The summed E-state index contributed by atoms with van der Waals surface area (Å²) in [5, 5.41) is 3.12. The summed E-state index contributed by atoms with van der Waals surface area (Å²) in [6.07, 6.45) is 1.74. The van der Waals surface area contributed by atoms with Gasteiger partial charge in [0.25, 0.3) is 0 Å². The summed E-state index contributed by atoms with van der Waals surface area (Å²) >= 11 is 0. The molecular weight excluding hydrogens is 422 g/mol. The van der Waals surface area contributed by atoms with Crippen molar-refractivity contribution >= 4 is 12.0 Å². The Morgan fingerprint density at radius 1 is 1.12 bits per heavy atom. The van der Waals surface area contributed by atoms with Gasteiger partial charge in [0, 0.05) is 32.1 Å². The highest BCUT2D eigenvalue weighted by Crippen LogP contribution is 2.43. The summed E-state index contributed by atoms with van der Waals surface area (Å²) in [6.45, 7) is 10.0. The van der Waals surface area contributed by atoms with Gasteiger partial charge in [-0.3, -0.25) is 9.69 Å². The van der Waals surface area contributed by atoms with Gasteiger partial charge in [0.05, 0.1) is 26.3 Å². The Bertz CT molecular complexity index is 912. The van der Waals surface area contributed by atoms with Gasteiger partial charge >= 0.3 is 6.09 Å². The van der Waals surface area contributed by atoms with E-state index in [0.29, 0.717) is 24.5 Å². The quantitative estimate of drug-likeness (QED) is 0.745. The number of carbonyl (C=O) groups is 2. The fraction of sp³-hybridized carbons (Fsp3) is 0.680. The maximum Gasteiger partial charge on any atom is 0.407 e. The molecule has 33 heavy (non-hydrogen) atoms. The van der Waals surface area contributed by atoms with Crippen LogP contribution in [0.3, 0.4) is 0 Å². The third kappa shape index (κ3) is 4.90. The zero-order chi connectivity index (χ0) is 23.9. The minimum absolute atomic E-state index is 0.0760. The van der Waals surface area contributed by atoms with Crippen LogP contribution >= 0.6 is 0 Å². The van der Waals surface area contributed by atoms with E-state index in [1.165, 1.54) is 11.1 Å². The maximum atomic E-state index is 12.8. The van der Waals surface area contributed by atoms with Crippen molar-refractivity contribution in [2.75, 3.05) is 33.9 Å². The van der Waals surface area contributed by atoms with Crippen molar-refractivity contribution in [3.8, 4) is 11.5 Å². The number of hydrogen-bond donors (Lipinski definition) is 1. The van der Waals surface area contributed by atoms with Crippen LogP contribution in [0, 0.1) is 5.92 Å². The number of likely N-dealkylation sites (tertiary alicyclic amines) is 1. The number of amides is 2. The summed E-state index contributed by atoms with van der Waals surface area (Å²) in [7, 11) is 3.30. The molecule has 182 valence electrons. The Labute approximate surface area is 196 Å². The first-order valence-corrected chi connectivity index (χ1v) is 11.9. The third-order valence-corrected chi connectivity index (χ3v) is 6.93. The number of nitrogens with zero attached hydrogens (tertiary/aromatic N) is 2. The summed E-state index contributed by atoms with van der Waals surface area (Å²) in [6, 6.07) is 3.99. The fourth-order valence-corrected chi connectivity index (χ4v) is 5.51. The van der Waals surface area contributed by atoms with Gasteiger partial charge in [-0.2, -0.15) is 0 Å². The number of ether oxygens (including phenoxy) is 3. The molecule has 8 heteroatoms. The van der Waals surface area contributed by atoms with Crippen LogP contribution in [0.15, 0.2) is 12.1 Å². The monoisotopic (exact) mass is 459 g/mol. The van der Waals surface area contributed by atoms with Gasteiger partial charge < -0.3 is 24.4 Å². The predicted molar refractivity (Wildman–Crippen MR) is 125 cm³/mol. The molecule has 4 atom stereocenters. The van der Waals surface area contributed by atoms with Gasteiger partial charge in [0.15, 0.2) is 11.5 Å². The molecule has 2 amide bonds. The van der Waals surface area contributed by atoms with Gasteiger partial charge in [-0.05, 0) is 62.8 Å². The number of fused-ring (bicyclic) bond motifs is 3. The molecule has 1 N–H and O–H groups in total. The number of alkyl carbamates (subject to hydrolysis) is 1. The van der Waals surface area contributed by atoms with Crippen LogP contribution in [0.1, 0.15) is 57.7 Å². The van der Waals surface area contributed by atoms with E-state index in [1.807, 2.05) is 25.7 Å². The first kappa shape index (κ1) is 23.7. The van der Waals surface area contributed by atoms with Crippen LogP contribution in [-0.4, -0.2) is 73.3 Å². The Balaban J connectivity index is 1.64. The lowest BCUT2D eigenvalue weighted by Gasteiger charge is -2.49.